The fourth-order valence-electron chi connectivity index (χ4n) is 3.34. The van der Waals surface area contributed by atoms with Crippen molar-refractivity contribution in [3.8, 4) is 0 Å². The second kappa shape index (κ2) is 8.93. The Balaban J connectivity index is 0.00000171. The van der Waals surface area contributed by atoms with E-state index in [0.717, 1.165) is 10.2 Å². The minimum absolute atomic E-state index is 0. The van der Waals surface area contributed by atoms with Gasteiger partial charge in [-0.3, -0.25) is 4.79 Å². The van der Waals surface area contributed by atoms with Crippen molar-refractivity contribution in [1.29, 1.82) is 0 Å². The van der Waals surface area contributed by atoms with Gasteiger partial charge in [0.1, 0.15) is 6.04 Å². The van der Waals surface area contributed by atoms with E-state index < -0.39 is 23.7 Å². The number of nitrogens with one attached hydrogen (secondary N) is 2. The Morgan fingerprint density at radius 1 is 1.29 bits per heavy atom. The molecule has 0 aliphatic carbocycles. The van der Waals surface area contributed by atoms with E-state index in [-0.39, 0.29) is 30.4 Å². The summed E-state index contributed by atoms with van der Waals surface area (Å²) in [5.74, 6) is -3.15. The molecule has 0 bridgehead atoms. The van der Waals surface area contributed by atoms with E-state index in [4.69, 9.17) is 23.1 Å². The van der Waals surface area contributed by atoms with Crippen LogP contribution in [-0.4, -0.2) is 40.8 Å². The summed E-state index contributed by atoms with van der Waals surface area (Å²) in [5.41, 5.74) is 13.7. The Labute approximate surface area is 198 Å². The number of carbonyl (C=O) groups excluding carboxylic acids is 1. The number of halogens is 3. The molecule has 2 heterocycles. The molecule has 1 aliphatic rings. The summed E-state index contributed by atoms with van der Waals surface area (Å²) in [4.78, 5) is 29.6. The number of aromatic carboxylic acids is 1. The standard InChI is InChI=1S/C18H17ClN6O3S.2ClH/c1-25-12-5-2-8(16(27)28)6-11(12)23-18(25,14(20)15(21)26)24-17-22-10-4-3-9(19)7-13(10)29-17;;/h2-7,14,23H,20H2,1H3,(H2,21,26)(H,22,24)(H,27,28);2*1H. The second-order valence-corrected chi connectivity index (χ2v) is 8.09. The molecule has 0 saturated heterocycles. The maximum absolute atomic E-state index is 12.0. The van der Waals surface area contributed by atoms with Gasteiger partial charge in [-0.25, -0.2) is 9.78 Å². The van der Waals surface area contributed by atoms with Gasteiger partial charge in [-0.2, -0.15) is 0 Å². The van der Waals surface area contributed by atoms with Crippen molar-refractivity contribution < 1.29 is 14.7 Å². The number of nitrogens with zero attached hydrogens (tertiary/aromatic N) is 2. The van der Waals surface area contributed by atoms with Crippen molar-refractivity contribution in [2.45, 2.75) is 11.8 Å². The zero-order valence-corrected chi connectivity index (χ0v) is 19.2. The van der Waals surface area contributed by atoms with E-state index in [1.54, 1.807) is 36.2 Å². The number of carboxylic acid groups (broad SMARTS) is 1. The minimum Gasteiger partial charge on any atom is -0.478 e. The number of benzene rings is 2. The first kappa shape index (κ1) is 24.8. The molecule has 1 aromatic heterocycles. The molecule has 4 rings (SSSR count). The average molecular weight is 506 g/mol. The summed E-state index contributed by atoms with van der Waals surface area (Å²) in [6.45, 7) is 0. The van der Waals surface area contributed by atoms with E-state index in [9.17, 15) is 14.7 Å². The van der Waals surface area contributed by atoms with Crippen LogP contribution in [0.15, 0.2) is 36.4 Å². The topological polar surface area (TPSA) is 147 Å². The molecule has 0 radical (unpaired) electrons. The maximum Gasteiger partial charge on any atom is 0.335 e. The number of nitrogens with two attached hydrogens (primary N) is 2. The van der Waals surface area contributed by atoms with Crippen LogP contribution in [0.3, 0.4) is 0 Å². The third-order valence-electron chi connectivity index (χ3n) is 4.86. The van der Waals surface area contributed by atoms with Gasteiger partial charge < -0.3 is 32.1 Å². The highest BCUT2D eigenvalue weighted by Crippen LogP contribution is 2.42. The first-order chi connectivity index (χ1) is 13.7. The quantitative estimate of drug-likeness (QED) is 0.356. The van der Waals surface area contributed by atoms with Crippen molar-refractivity contribution in [3.05, 3.63) is 47.0 Å². The zero-order chi connectivity index (χ0) is 20.9. The molecule has 0 fully saturated rings. The largest absolute Gasteiger partial charge is 0.478 e. The second-order valence-electron chi connectivity index (χ2n) is 6.62. The summed E-state index contributed by atoms with van der Waals surface area (Å²) < 4.78 is 0.856. The van der Waals surface area contributed by atoms with Gasteiger partial charge in [-0.1, -0.05) is 22.9 Å². The number of amides is 1. The van der Waals surface area contributed by atoms with Gasteiger partial charge in [-0.05, 0) is 36.4 Å². The van der Waals surface area contributed by atoms with Crippen molar-refractivity contribution in [3.63, 3.8) is 0 Å². The van der Waals surface area contributed by atoms with Crippen LogP contribution in [-0.2, 0) is 4.79 Å². The van der Waals surface area contributed by atoms with E-state index in [1.165, 1.54) is 23.5 Å². The normalized spacial score (nSPS) is 17.7. The first-order valence-corrected chi connectivity index (χ1v) is 9.69. The monoisotopic (exact) mass is 504 g/mol. The Kier molecular flexibility index (Phi) is 7.14. The number of aromatic nitrogens is 1. The molecule has 2 aromatic carbocycles. The van der Waals surface area contributed by atoms with Gasteiger partial charge in [0.15, 0.2) is 5.13 Å². The van der Waals surface area contributed by atoms with Crippen molar-refractivity contribution in [2.24, 2.45) is 11.5 Å². The lowest BCUT2D eigenvalue weighted by molar-refractivity contribution is -0.120. The molecular weight excluding hydrogens is 487 g/mol. The van der Waals surface area contributed by atoms with Crippen molar-refractivity contribution >= 4 is 86.4 Å². The molecule has 9 nitrogen and oxygen atoms in total. The summed E-state index contributed by atoms with van der Waals surface area (Å²) in [5, 5.41) is 16.7. The van der Waals surface area contributed by atoms with Gasteiger partial charge in [0.05, 0.1) is 27.2 Å². The molecule has 1 aliphatic heterocycles. The van der Waals surface area contributed by atoms with Gasteiger partial charge >= 0.3 is 5.97 Å². The predicted octanol–water partition coefficient (Wildman–Crippen LogP) is 2.93. The molecule has 2 unspecified atom stereocenters. The number of rotatable bonds is 5. The zero-order valence-electron chi connectivity index (χ0n) is 16.0. The molecule has 0 saturated carbocycles. The van der Waals surface area contributed by atoms with Gasteiger partial charge in [0.25, 0.3) is 0 Å². The predicted molar refractivity (Wildman–Crippen MR) is 128 cm³/mol. The van der Waals surface area contributed by atoms with E-state index in [1.807, 2.05) is 0 Å². The molecule has 1 amide bonds. The number of carboxylic acids is 1. The third kappa shape index (κ3) is 4.17. The van der Waals surface area contributed by atoms with Crippen LogP contribution in [0.2, 0.25) is 5.02 Å². The number of likely N-dealkylation sites (N-methyl/N-ethyl adjacent to an activating group) is 1. The van der Waals surface area contributed by atoms with Crippen molar-refractivity contribution in [2.75, 3.05) is 22.6 Å². The lowest BCUT2D eigenvalue weighted by Crippen LogP contribution is -2.70. The first-order valence-electron chi connectivity index (χ1n) is 8.50. The summed E-state index contributed by atoms with van der Waals surface area (Å²) in [6.07, 6.45) is 0. The van der Waals surface area contributed by atoms with E-state index >= 15 is 0 Å². The smallest absolute Gasteiger partial charge is 0.335 e. The number of hydrogen-bond acceptors (Lipinski definition) is 8. The van der Waals surface area contributed by atoms with E-state index in [0.29, 0.717) is 21.5 Å². The van der Waals surface area contributed by atoms with Crippen molar-refractivity contribution in [1.82, 2.24) is 4.98 Å². The number of carbonyl (C=O) groups is 2. The van der Waals surface area contributed by atoms with Gasteiger partial charge in [-0.15, -0.1) is 24.8 Å². The molecule has 2 atom stereocenters. The fraction of sp³-hybridized carbons (Fsp3) is 0.167. The number of anilines is 3. The Morgan fingerprint density at radius 2 is 2.00 bits per heavy atom. The number of fused-ring (bicyclic) bond motifs is 2. The number of hydrogen-bond donors (Lipinski definition) is 5. The Hall–Kier alpha value is -2.50. The molecule has 3 aromatic rings. The van der Waals surface area contributed by atoms with Crippen LogP contribution in [0.5, 0.6) is 0 Å². The Morgan fingerprint density at radius 3 is 2.65 bits per heavy atom. The SMILES string of the molecule is CN1c2ccc(C(=O)O)cc2NC1(Nc1nc2ccc(Cl)cc2s1)C(N)C(N)=O.Cl.Cl. The highest BCUT2D eigenvalue weighted by molar-refractivity contribution is 7.22. The summed E-state index contributed by atoms with van der Waals surface area (Å²) in [6, 6.07) is 8.72. The number of primary amides is 1. The summed E-state index contributed by atoms with van der Waals surface area (Å²) >= 11 is 7.39. The lowest BCUT2D eigenvalue weighted by atomic mass is 10.1. The lowest BCUT2D eigenvalue weighted by Gasteiger charge is -2.41. The fourth-order valence-corrected chi connectivity index (χ4v) is 4.54. The van der Waals surface area contributed by atoms with Crippen LogP contribution in [0, 0.1) is 0 Å². The molecule has 7 N–H and O–H groups in total. The van der Waals surface area contributed by atoms with Crippen LogP contribution >= 0.6 is 47.8 Å². The van der Waals surface area contributed by atoms with E-state index in [2.05, 4.69) is 15.6 Å². The highest BCUT2D eigenvalue weighted by Gasteiger charge is 2.50. The Bertz CT molecular complexity index is 1160. The van der Waals surface area contributed by atoms with Crippen LogP contribution in [0.1, 0.15) is 10.4 Å². The minimum atomic E-state index is -1.34. The maximum atomic E-state index is 12.0. The van der Waals surface area contributed by atoms with Crippen LogP contribution in [0.4, 0.5) is 16.5 Å². The van der Waals surface area contributed by atoms with Gasteiger partial charge in [0.2, 0.25) is 11.7 Å². The van der Waals surface area contributed by atoms with Crippen LogP contribution in [0.25, 0.3) is 10.2 Å². The molecular formula is C18H19Cl3N6O3S. The molecule has 13 heteroatoms. The van der Waals surface area contributed by atoms with Crippen LogP contribution < -0.4 is 27.0 Å². The average Bonchev–Trinajstić information content (AvgIpc) is 3.19. The highest BCUT2D eigenvalue weighted by atomic mass is 35.5. The summed E-state index contributed by atoms with van der Waals surface area (Å²) in [7, 11) is 1.72. The number of thiazole rings is 1. The van der Waals surface area contributed by atoms with Gasteiger partial charge in [0, 0.05) is 12.1 Å². The third-order valence-corrected chi connectivity index (χ3v) is 6.03. The molecule has 0 spiro atoms. The molecule has 31 heavy (non-hydrogen) atoms. The molecule has 166 valence electrons.